The Morgan fingerprint density at radius 2 is 1.58 bits per heavy atom. The molecule has 5 atom stereocenters. The van der Waals surface area contributed by atoms with E-state index in [1.54, 1.807) is 20.8 Å². The van der Waals surface area contributed by atoms with E-state index in [9.17, 15) is 33.8 Å². The number of aliphatic hydroxyl groups is 1. The average molecular weight is 469 g/mol. The molecule has 1 unspecified atom stereocenters. The van der Waals surface area contributed by atoms with E-state index < -0.39 is 62.9 Å². The van der Waals surface area contributed by atoms with Gasteiger partial charge < -0.3 is 34.4 Å². The van der Waals surface area contributed by atoms with Gasteiger partial charge in [0, 0.05) is 19.3 Å². The van der Waals surface area contributed by atoms with E-state index in [0.717, 1.165) is 0 Å². The molecular formula is C18H32NO11P. The Kier molecular flexibility index (Phi) is 11.6. The van der Waals surface area contributed by atoms with Crippen molar-refractivity contribution in [2.24, 2.45) is 0 Å². The van der Waals surface area contributed by atoms with Crippen molar-refractivity contribution < 1.29 is 52.6 Å². The Hall–Kier alpha value is -1.56. The molecule has 12 nitrogen and oxygen atoms in total. The van der Waals surface area contributed by atoms with Crippen LogP contribution in [0.1, 0.15) is 59.3 Å². The molecule has 0 aromatic carbocycles. The summed E-state index contributed by atoms with van der Waals surface area (Å²) in [5, 5.41) is 13.2. The third kappa shape index (κ3) is 9.63. The van der Waals surface area contributed by atoms with E-state index in [0.29, 0.717) is 19.3 Å². The van der Waals surface area contributed by atoms with Crippen molar-refractivity contribution in [2.75, 3.05) is 6.61 Å². The number of hydrogen-bond acceptors (Lipinski definition) is 9. The molecule has 0 aromatic heterocycles. The van der Waals surface area contributed by atoms with Gasteiger partial charge in [0.2, 0.25) is 5.91 Å². The Morgan fingerprint density at radius 1 is 1.00 bits per heavy atom. The third-order valence-corrected chi connectivity index (χ3v) is 4.79. The minimum Gasteiger partial charge on any atom is -0.463 e. The van der Waals surface area contributed by atoms with Gasteiger partial charge in [-0.1, -0.05) is 20.8 Å². The molecular weight excluding hydrogens is 437 g/mol. The highest BCUT2D eigenvalue weighted by atomic mass is 31.2. The molecule has 1 amide bonds. The molecule has 180 valence electrons. The fourth-order valence-electron chi connectivity index (χ4n) is 2.93. The number of esters is 2. The zero-order valence-electron chi connectivity index (χ0n) is 17.9. The lowest BCUT2D eigenvalue weighted by molar-refractivity contribution is -0.256. The maximum absolute atomic E-state index is 12.1. The molecule has 0 aromatic rings. The Balaban J connectivity index is 3.14. The van der Waals surface area contributed by atoms with Gasteiger partial charge in [0.05, 0.1) is 0 Å². The lowest BCUT2D eigenvalue weighted by atomic mass is 9.96. The molecule has 0 radical (unpaired) electrons. The topological polar surface area (TPSA) is 178 Å². The van der Waals surface area contributed by atoms with E-state index in [-0.39, 0.29) is 19.3 Å². The smallest absolute Gasteiger partial charge is 0.463 e. The number of carbonyl (C=O) groups excluding carboxylic acids is 3. The molecule has 31 heavy (non-hydrogen) atoms. The van der Waals surface area contributed by atoms with Crippen molar-refractivity contribution in [1.29, 1.82) is 0 Å². The number of nitrogens with one attached hydrogen (secondary N) is 1. The van der Waals surface area contributed by atoms with E-state index in [1.807, 2.05) is 0 Å². The molecule has 0 aliphatic carbocycles. The first-order valence-corrected chi connectivity index (χ1v) is 11.8. The molecule has 1 saturated heterocycles. The highest BCUT2D eigenvalue weighted by Gasteiger charge is 2.50. The average Bonchev–Trinajstić information content (AvgIpc) is 2.65. The normalized spacial score (nSPS) is 26.2. The van der Waals surface area contributed by atoms with Crippen LogP contribution in [0.5, 0.6) is 0 Å². The summed E-state index contributed by atoms with van der Waals surface area (Å²) in [4.78, 5) is 54.3. The number of carbonyl (C=O) groups is 3. The fraction of sp³-hybridized carbons (Fsp3) is 0.833. The predicted molar refractivity (Wildman–Crippen MR) is 105 cm³/mol. The van der Waals surface area contributed by atoms with Crippen LogP contribution in [0.25, 0.3) is 0 Å². The first kappa shape index (κ1) is 27.5. The first-order valence-electron chi connectivity index (χ1n) is 10.2. The van der Waals surface area contributed by atoms with Gasteiger partial charge in [0.1, 0.15) is 24.9 Å². The monoisotopic (exact) mass is 469 g/mol. The van der Waals surface area contributed by atoms with Gasteiger partial charge in [0.15, 0.2) is 12.4 Å². The number of aliphatic hydroxyl groups excluding tert-OH is 1. The molecule has 0 saturated carbocycles. The van der Waals surface area contributed by atoms with Gasteiger partial charge in [-0.05, 0) is 19.3 Å². The molecule has 13 heteroatoms. The van der Waals surface area contributed by atoms with Gasteiger partial charge in [-0.3, -0.25) is 18.9 Å². The van der Waals surface area contributed by atoms with Crippen LogP contribution in [-0.2, 0) is 37.7 Å². The van der Waals surface area contributed by atoms with Crippen molar-refractivity contribution in [3.63, 3.8) is 0 Å². The van der Waals surface area contributed by atoms with Crippen LogP contribution in [0.4, 0.5) is 0 Å². The number of phosphoric ester groups is 1. The number of amides is 1. The number of hydrogen-bond donors (Lipinski definition) is 4. The van der Waals surface area contributed by atoms with Crippen LogP contribution in [0, 0.1) is 0 Å². The van der Waals surface area contributed by atoms with Crippen LogP contribution in [0.3, 0.4) is 0 Å². The summed E-state index contributed by atoms with van der Waals surface area (Å²) in [5.74, 6) is -1.75. The molecule has 0 bridgehead atoms. The standard InChI is InChI=1S/C18H32NO11P/c1-4-7-12(20)19-15-16(23)17(29-14(22)9-6-3)11(10-27-13(21)8-5-2)28-18(15)30-31(24,25)26/h11,15-18,23H,4-10H2,1-3H3,(H,19,20)(H2,24,25,26)/t11-,15-,16-,17-,18?/m1/s1. The molecule has 1 heterocycles. The van der Waals surface area contributed by atoms with Crippen LogP contribution in [0.2, 0.25) is 0 Å². The summed E-state index contributed by atoms with van der Waals surface area (Å²) >= 11 is 0. The lowest BCUT2D eigenvalue weighted by Gasteiger charge is -2.43. The number of phosphoric acid groups is 1. The largest absolute Gasteiger partial charge is 0.472 e. The van der Waals surface area contributed by atoms with E-state index in [1.165, 1.54) is 0 Å². The Morgan fingerprint density at radius 3 is 2.13 bits per heavy atom. The maximum atomic E-state index is 12.1. The lowest BCUT2D eigenvalue weighted by Crippen LogP contribution is -2.65. The molecule has 0 spiro atoms. The predicted octanol–water partition coefficient (Wildman–Crippen LogP) is 0.522. The molecule has 1 aliphatic rings. The van der Waals surface area contributed by atoms with Gasteiger partial charge in [-0.25, -0.2) is 4.57 Å². The quantitative estimate of drug-likeness (QED) is 0.231. The van der Waals surface area contributed by atoms with Crippen molar-refractivity contribution >= 4 is 25.7 Å². The van der Waals surface area contributed by atoms with Crippen LogP contribution >= 0.6 is 7.82 Å². The highest BCUT2D eigenvalue weighted by molar-refractivity contribution is 7.46. The SMILES string of the molecule is CCCC(=O)N[C@H]1C(OP(=O)(O)O)O[C@H](COC(=O)CCC)[C@@H](OC(=O)CCC)[C@@H]1O. The van der Waals surface area contributed by atoms with Gasteiger partial charge in [-0.15, -0.1) is 0 Å². The van der Waals surface area contributed by atoms with E-state index in [4.69, 9.17) is 14.2 Å². The van der Waals surface area contributed by atoms with E-state index >= 15 is 0 Å². The second-order valence-electron chi connectivity index (χ2n) is 7.11. The van der Waals surface area contributed by atoms with Gasteiger partial charge in [0.25, 0.3) is 0 Å². The van der Waals surface area contributed by atoms with Crippen LogP contribution in [-0.4, -0.2) is 70.0 Å². The first-order chi connectivity index (χ1) is 14.5. The molecule has 1 rings (SSSR count). The second kappa shape index (κ2) is 13.1. The summed E-state index contributed by atoms with van der Waals surface area (Å²) in [6.45, 7) is 4.80. The summed E-state index contributed by atoms with van der Waals surface area (Å²) in [6.07, 6.45) is -4.39. The molecule has 1 aliphatic heterocycles. The number of rotatable bonds is 12. The Bertz CT molecular complexity index is 650. The zero-order valence-corrected chi connectivity index (χ0v) is 18.8. The third-order valence-electron chi connectivity index (χ3n) is 4.30. The van der Waals surface area contributed by atoms with Gasteiger partial charge in [-0.2, -0.15) is 0 Å². The summed E-state index contributed by atoms with van der Waals surface area (Å²) in [6, 6.07) is -1.45. The van der Waals surface area contributed by atoms with Gasteiger partial charge >= 0.3 is 19.8 Å². The van der Waals surface area contributed by atoms with Crippen molar-refractivity contribution in [3.8, 4) is 0 Å². The molecule has 1 fully saturated rings. The van der Waals surface area contributed by atoms with Crippen LogP contribution in [0.15, 0.2) is 0 Å². The second-order valence-corrected chi connectivity index (χ2v) is 8.30. The molecule has 4 N–H and O–H groups in total. The zero-order chi connectivity index (χ0) is 23.6. The highest BCUT2D eigenvalue weighted by Crippen LogP contribution is 2.41. The Labute approximate surface area is 180 Å². The minimum absolute atomic E-state index is 0.0425. The van der Waals surface area contributed by atoms with Crippen molar-refractivity contribution in [1.82, 2.24) is 5.32 Å². The fourth-order valence-corrected chi connectivity index (χ4v) is 3.38. The van der Waals surface area contributed by atoms with Crippen molar-refractivity contribution in [2.45, 2.75) is 89.9 Å². The number of ether oxygens (including phenoxy) is 3. The summed E-state index contributed by atoms with van der Waals surface area (Å²) in [7, 11) is -5.09. The minimum atomic E-state index is -5.09. The summed E-state index contributed by atoms with van der Waals surface area (Å²) < 4.78 is 31.9. The van der Waals surface area contributed by atoms with E-state index in [2.05, 4.69) is 9.84 Å². The van der Waals surface area contributed by atoms with Crippen molar-refractivity contribution in [3.05, 3.63) is 0 Å². The maximum Gasteiger partial charge on any atom is 0.472 e. The summed E-state index contributed by atoms with van der Waals surface area (Å²) in [5.41, 5.74) is 0. The van der Waals surface area contributed by atoms with Crippen LogP contribution < -0.4 is 5.32 Å².